The van der Waals surface area contributed by atoms with Crippen LogP contribution in [0.1, 0.15) is 35.1 Å². The van der Waals surface area contributed by atoms with Gasteiger partial charge in [0.2, 0.25) is 0 Å². The number of hydrogen-bond acceptors (Lipinski definition) is 2. The Hall–Kier alpha value is -6.88. The third-order valence-electron chi connectivity index (χ3n) is 10.9. The Labute approximate surface area is 312 Å². The molecule has 0 aliphatic rings. The fourth-order valence-corrected chi connectivity index (χ4v) is 8.20. The predicted octanol–water partition coefficient (Wildman–Crippen LogP) is 10.9. The fourth-order valence-electron chi connectivity index (χ4n) is 8.20. The smallest absolute Gasteiger partial charge is 0.307 e. The third-order valence-corrected chi connectivity index (χ3v) is 10.9. The summed E-state index contributed by atoms with van der Waals surface area (Å²) in [4.78, 5) is 24.8. The van der Waals surface area contributed by atoms with Crippen LogP contribution in [0.25, 0.3) is 64.6 Å². The molecule has 9 aromatic carbocycles. The zero-order valence-corrected chi connectivity index (χ0v) is 29.4. The molecule has 4 heteroatoms. The summed E-state index contributed by atoms with van der Waals surface area (Å²) < 4.78 is 0. The Kier molecular flexibility index (Phi) is 8.30. The molecule has 0 radical (unpaired) electrons. The first-order valence-electron chi connectivity index (χ1n) is 18.3. The maximum absolute atomic E-state index is 12.4. The van der Waals surface area contributed by atoms with Crippen LogP contribution >= 0.6 is 0 Å². The highest BCUT2D eigenvalue weighted by Crippen LogP contribution is 2.38. The number of aliphatic carboxylic acids is 2. The van der Waals surface area contributed by atoms with Gasteiger partial charge in [-0.2, -0.15) is 0 Å². The van der Waals surface area contributed by atoms with Crippen LogP contribution in [0, 0.1) is 35.5 Å². The van der Waals surface area contributed by atoms with Crippen molar-refractivity contribution >= 4 is 76.6 Å². The zero-order valence-electron chi connectivity index (χ0n) is 29.4. The summed E-state index contributed by atoms with van der Waals surface area (Å²) in [6.45, 7) is 0. The summed E-state index contributed by atoms with van der Waals surface area (Å²) in [6.07, 6.45) is 1.17. The molecule has 2 atom stereocenters. The van der Waals surface area contributed by atoms with E-state index >= 15 is 0 Å². The van der Waals surface area contributed by atoms with E-state index in [2.05, 4.69) is 121 Å². The first-order valence-corrected chi connectivity index (χ1v) is 18.3. The summed E-state index contributed by atoms with van der Waals surface area (Å²) in [6, 6.07) is 45.4. The van der Waals surface area contributed by atoms with Crippen LogP contribution in [-0.4, -0.2) is 22.2 Å². The maximum Gasteiger partial charge on any atom is 0.307 e. The van der Waals surface area contributed by atoms with Crippen LogP contribution in [0.4, 0.5) is 0 Å². The van der Waals surface area contributed by atoms with Crippen LogP contribution in [-0.2, 0) is 22.4 Å². The van der Waals surface area contributed by atoms with E-state index < -0.39 is 23.8 Å². The Bertz CT molecular complexity index is 2810. The van der Waals surface area contributed by atoms with E-state index in [1.54, 1.807) is 0 Å². The average Bonchev–Trinajstić information content (AvgIpc) is 3.19. The molecule has 0 aliphatic heterocycles. The number of carboxylic acid groups (broad SMARTS) is 2. The molecule has 4 nitrogen and oxygen atoms in total. The van der Waals surface area contributed by atoms with E-state index in [-0.39, 0.29) is 12.8 Å². The van der Waals surface area contributed by atoms with Crippen molar-refractivity contribution in [2.45, 2.75) is 25.7 Å². The number of rotatable bonds is 8. The quantitative estimate of drug-likeness (QED) is 0.122. The van der Waals surface area contributed by atoms with Gasteiger partial charge in [-0.05, 0) is 107 Å². The van der Waals surface area contributed by atoms with Crippen molar-refractivity contribution in [3.8, 4) is 23.7 Å². The summed E-state index contributed by atoms with van der Waals surface area (Å²) >= 11 is 0. The topological polar surface area (TPSA) is 74.6 Å². The lowest BCUT2D eigenvalue weighted by atomic mass is 9.88. The molecule has 0 fully saturated rings. The first-order chi connectivity index (χ1) is 26.4. The van der Waals surface area contributed by atoms with Crippen molar-refractivity contribution in [1.29, 1.82) is 0 Å². The van der Waals surface area contributed by atoms with Gasteiger partial charge in [0.1, 0.15) is 0 Å². The van der Waals surface area contributed by atoms with Gasteiger partial charge in [-0.15, -0.1) is 0 Å². The Balaban J connectivity index is 0.908. The molecule has 0 unspecified atom stereocenters. The van der Waals surface area contributed by atoms with E-state index in [1.807, 2.05) is 36.4 Å². The standard InChI is InChI=1S/C50H34O4/c51-49(52)41(29-39-22-20-37-18-16-33-10-4-12-35-24-26-43(39)47(37)45(33)35)14-2-8-31-6-1-7-32(28-31)9-3-15-42(50(53)54)30-40-23-21-38-19-17-34-11-5-13-36-25-27-44(40)48(38)46(34)36/h1,4-7,10-13,16-28,41-42H,14-15,29-30H2,(H,51,52)(H,53,54)/t41-,42+. The van der Waals surface area contributed by atoms with Crippen molar-refractivity contribution in [3.63, 3.8) is 0 Å². The maximum atomic E-state index is 12.4. The van der Waals surface area contributed by atoms with E-state index in [0.717, 1.165) is 43.8 Å². The van der Waals surface area contributed by atoms with Gasteiger partial charge in [0.25, 0.3) is 0 Å². The molecule has 0 amide bonds. The van der Waals surface area contributed by atoms with Crippen LogP contribution in [0.5, 0.6) is 0 Å². The lowest BCUT2D eigenvalue weighted by molar-refractivity contribution is -0.142. The highest BCUT2D eigenvalue weighted by molar-refractivity contribution is 6.24. The number of carboxylic acids is 2. The van der Waals surface area contributed by atoms with Gasteiger partial charge in [-0.1, -0.05) is 139 Å². The molecule has 0 spiro atoms. The second-order valence-electron chi connectivity index (χ2n) is 14.2. The van der Waals surface area contributed by atoms with Gasteiger partial charge in [0, 0.05) is 24.0 Å². The van der Waals surface area contributed by atoms with Crippen molar-refractivity contribution < 1.29 is 19.8 Å². The molecular formula is C50H34O4. The van der Waals surface area contributed by atoms with Gasteiger partial charge < -0.3 is 10.2 Å². The molecule has 0 bridgehead atoms. The van der Waals surface area contributed by atoms with E-state index in [9.17, 15) is 19.8 Å². The molecule has 0 aliphatic carbocycles. The van der Waals surface area contributed by atoms with Crippen molar-refractivity contribution in [3.05, 3.63) is 156 Å². The van der Waals surface area contributed by atoms with Gasteiger partial charge in [-0.25, -0.2) is 0 Å². The van der Waals surface area contributed by atoms with E-state index in [4.69, 9.17) is 0 Å². The van der Waals surface area contributed by atoms with E-state index in [0.29, 0.717) is 12.8 Å². The Morgan fingerprint density at radius 3 is 1.20 bits per heavy atom. The van der Waals surface area contributed by atoms with Gasteiger partial charge in [0.05, 0.1) is 11.8 Å². The second-order valence-corrected chi connectivity index (χ2v) is 14.2. The largest absolute Gasteiger partial charge is 0.481 e. The summed E-state index contributed by atoms with van der Waals surface area (Å²) in [5.41, 5.74) is 3.48. The highest BCUT2D eigenvalue weighted by Gasteiger charge is 2.21. The number of carbonyl (C=O) groups is 2. The molecule has 2 N–H and O–H groups in total. The van der Waals surface area contributed by atoms with Gasteiger partial charge in [0.15, 0.2) is 0 Å². The van der Waals surface area contributed by atoms with Crippen LogP contribution in [0.2, 0.25) is 0 Å². The molecular weight excluding hydrogens is 665 g/mol. The predicted molar refractivity (Wildman–Crippen MR) is 219 cm³/mol. The normalized spacial score (nSPS) is 12.6. The Morgan fingerprint density at radius 1 is 0.444 bits per heavy atom. The molecule has 0 heterocycles. The van der Waals surface area contributed by atoms with Crippen LogP contribution in [0.3, 0.4) is 0 Å². The zero-order chi connectivity index (χ0) is 36.8. The lowest BCUT2D eigenvalue weighted by Crippen LogP contribution is -2.16. The minimum absolute atomic E-state index is 0.205. The van der Waals surface area contributed by atoms with Crippen molar-refractivity contribution in [1.82, 2.24) is 0 Å². The summed E-state index contributed by atoms with van der Waals surface area (Å²) in [5.74, 6) is 9.46. The van der Waals surface area contributed by atoms with Crippen molar-refractivity contribution in [2.24, 2.45) is 11.8 Å². The van der Waals surface area contributed by atoms with Crippen LogP contribution in [0.15, 0.2) is 133 Å². The van der Waals surface area contributed by atoms with Crippen molar-refractivity contribution in [2.75, 3.05) is 0 Å². The SMILES string of the molecule is O=C(O)[C@H](CC#Cc1cccc(C#CC[C@@H](Cc2ccc3ccc4cccc5ccc2c3c45)C(=O)O)c1)Cc1ccc2ccc3cccc4ccc1c2c34. The minimum Gasteiger partial charge on any atom is -0.481 e. The van der Waals surface area contributed by atoms with Gasteiger partial charge >= 0.3 is 11.9 Å². The average molecular weight is 699 g/mol. The number of benzene rings is 9. The third kappa shape index (κ3) is 5.99. The molecule has 54 heavy (non-hydrogen) atoms. The molecule has 9 aromatic rings. The lowest BCUT2D eigenvalue weighted by Gasteiger charge is -2.16. The summed E-state index contributed by atoms with van der Waals surface area (Å²) in [5, 5.41) is 34.3. The van der Waals surface area contributed by atoms with Gasteiger partial charge in [-0.3, -0.25) is 9.59 Å². The van der Waals surface area contributed by atoms with Crippen LogP contribution < -0.4 is 0 Å². The minimum atomic E-state index is -0.871. The monoisotopic (exact) mass is 698 g/mol. The molecule has 9 rings (SSSR count). The number of hydrogen-bond donors (Lipinski definition) is 2. The highest BCUT2D eigenvalue weighted by atomic mass is 16.4. The first kappa shape index (κ1) is 33.0. The molecule has 0 saturated heterocycles. The van der Waals surface area contributed by atoms with E-state index in [1.165, 1.54) is 43.1 Å². The second kappa shape index (κ2) is 13.6. The fraction of sp³-hybridized carbons (Fsp3) is 0.120. The molecule has 258 valence electrons. The molecule has 0 saturated carbocycles. The summed E-state index contributed by atoms with van der Waals surface area (Å²) in [7, 11) is 0. The Morgan fingerprint density at radius 2 is 0.796 bits per heavy atom. The molecule has 0 aromatic heterocycles.